The normalized spacial score (nSPS) is 13.2. The van der Waals surface area contributed by atoms with Gasteiger partial charge in [0.25, 0.3) is 0 Å². The van der Waals surface area contributed by atoms with Crippen LogP contribution in [0.2, 0.25) is 0 Å². The van der Waals surface area contributed by atoms with Crippen molar-refractivity contribution in [3.05, 3.63) is 60.8 Å². The van der Waals surface area contributed by atoms with E-state index >= 15 is 0 Å². The van der Waals surface area contributed by atoms with E-state index in [-0.39, 0.29) is 23.2 Å². The van der Waals surface area contributed by atoms with Gasteiger partial charge in [0.15, 0.2) is 5.12 Å². The molecule has 6 heteroatoms. The summed E-state index contributed by atoms with van der Waals surface area (Å²) in [7, 11) is 0. The van der Waals surface area contributed by atoms with Crippen molar-refractivity contribution in [2.45, 2.75) is 71.3 Å². The topological polar surface area (TPSA) is 83.5 Å². The first-order chi connectivity index (χ1) is 15.0. The molecule has 5 nitrogen and oxygen atoms in total. The zero-order valence-electron chi connectivity index (χ0n) is 18.8. The van der Waals surface area contributed by atoms with Crippen LogP contribution < -0.4 is 5.32 Å². The van der Waals surface area contributed by atoms with Gasteiger partial charge in [-0.05, 0) is 44.9 Å². The number of hydrogen-bond donors (Lipinski definition) is 2. The Morgan fingerprint density at radius 2 is 1.32 bits per heavy atom. The third-order valence-electron chi connectivity index (χ3n) is 4.02. The van der Waals surface area contributed by atoms with Crippen LogP contribution in [-0.2, 0) is 14.4 Å². The Morgan fingerprint density at radius 3 is 1.77 bits per heavy atom. The zero-order valence-corrected chi connectivity index (χ0v) is 19.6. The molecule has 0 bridgehead atoms. The Labute approximate surface area is 191 Å². The Bertz CT molecular complexity index is 662. The van der Waals surface area contributed by atoms with Gasteiger partial charge in [-0.15, -0.1) is 0 Å². The lowest BCUT2D eigenvalue weighted by Gasteiger charge is -2.13. The number of carbonyl (C=O) groups excluding carboxylic acids is 2. The maximum atomic E-state index is 11.8. The van der Waals surface area contributed by atoms with Gasteiger partial charge in [-0.25, -0.2) is 4.79 Å². The van der Waals surface area contributed by atoms with Crippen molar-refractivity contribution in [3.63, 3.8) is 0 Å². The number of carboxylic acids is 1. The van der Waals surface area contributed by atoms with Gasteiger partial charge < -0.3 is 10.4 Å². The van der Waals surface area contributed by atoms with Gasteiger partial charge in [0, 0.05) is 19.1 Å². The number of rotatable bonds is 17. The van der Waals surface area contributed by atoms with Crippen molar-refractivity contribution < 1.29 is 19.5 Å². The van der Waals surface area contributed by atoms with Gasteiger partial charge in [-0.3, -0.25) is 9.59 Å². The SMILES string of the molecule is CCC=CCC=CCC=CCC=CCC=CCCCC(=O)NC(CSC(C)=O)C(=O)O. The third-order valence-corrected chi connectivity index (χ3v) is 4.93. The lowest BCUT2D eigenvalue weighted by molar-refractivity contribution is -0.141. The maximum absolute atomic E-state index is 11.8. The van der Waals surface area contributed by atoms with Crippen LogP contribution in [0, 0.1) is 0 Å². The first kappa shape index (κ1) is 28.7. The first-order valence-electron chi connectivity index (χ1n) is 10.9. The summed E-state index contributed by atoms with van der Waals surface area (Å²) in [5.41, 5.74) is 0. The van der Waals surface area contributed by atoms with E-state index in [0.29, 0.717) is 6.42 Å². The monoisotopic (exact) mass is 447 g/mol. The fourth-order valence-corrected chi connectivity index (χ4v) is 3.02. The minimum Gasteiger partial charge on any atom is -0.480 e. The molecule has 0 spiro atoms. The quantitative estimate of drug-likeness (QED) is 0.219. The standard InChI is InChI=1S/C25H37NO4S/c1-3-4-5-6-7-8-9-10-11-12-13-14-15-16-17-18-19-20-24(28)26-23(25(29)30)21-31-22(2)27/h4-5,7-8,10-11,13-14,16-17,23H,3,6,9,12,15,18-21H2,1-2H3,(H,26,28)(H,29,30). The van der Waals surface area contributed by atoms with Crippen molar-refractivity contribution in [3.8, 4) is 0 Å². The molecule has 31 heavy (non-hydrogen) atoms. The summed E-state index contributed by atoms with van der Waals surface area (Å²) in [6, 6.07) is -1.03. The molecule has 1 amide bonds. The smallest absolute Gasteiger partial charge is 0.327 e. The summed E-state index contributed by atoms with van der Waals surface area (Å²) >= 11 is 0.899. The average Bonchev–Trinajstić information content (AvgIpc) is 2.73. The Kier molecular flexibility index (Phi) is 19.3. The van der Waals surface area contributed by atoms with Crippen molar-refractivity contribution >= 4 is 28.8 Å². The fraction of sp³-hybridized carbons (Fsp3) is 0.480. The van der Waals surface area contributed by atoms with Crippen LogP contribution in [0.4, 0.5) is 0 Å². The number of amides is 1. The lowest BCUT2D eigenvalue weighted by Crippen LogP contribution is -2.42. The van der Waals surface area contributed by atoms with Crippen molar-refractivity contribution in [2.24, 2.45) is 0 Å². The second kappa shape index (κ2) is 20.9. The van der Waals surface area contributed by atoms with Gasteiger partial charge in [0.05, 0.1) is 0 Å². The van der Waals surface area contributed by atoms with Crippen molar-refractivity contribution in [1.82, 2.24) is 5.32 Å². The maximum Gasteiger partial charge on any atom is 0.327 e. The van der Waals surface area contributed by atoms with E-state index in [9.17, 15) is 14.4 Å². The predicted octanol–water partition coefficient (Wildman–Crippen LogP) is 5.76. The number of unbranched alkanes of at least 4 members (excludes halogenated alkanes) is 1. The summed E-state index contributed by atoms with van der Waals surface area (Å²) in [5.74, 6) is -1.38. The van der Waals surface area contributed by atoms with Gasteiger partial charge in [0.1, 0.15) is 6.04 Å². The van der Waals surface area contributed by atoms with Crippen LogP contribution in [0.15, 0.2) is 60.8 Å². The third kappa shape index (κ3) is 20.7. The van der Waals surface area contributed by atoms with E-state index < -0.39 is 12.0 Å². The molecule has 0 aromatic heterocycles. The molecule has 0 fully saturated rings. The van der Waals surface area contributed by atoms with Gasteiger partial charge in [0.2, 0.25) is 5.91 Å². The van der Waals surface area contributed by atoms with Crippen molar-refractivity contribution in [1.29, 1.82) is 0 Å². The highest BCUT2D eigenvalue weighted by molar-refractivity contribution is 8.13. The van der Waals surface area contributed by atoms with E-state index in [1.165, 1.54) is 6.92 Å². The molecule has 0 saturated heterocycles. The van der Waals surface area contributed by atoms with Crippen LogP contribution in [0.3, 0.4) is 0 Å². The summed E-state index contributed by atoms with van der Waals surface area (Å²) in [5, 5.41) is 11.4. The van der Waals surface area contributed by atoms with E-state index in [1.54, 1.807) is 0 Å². The number of carboxylic acid groups (broad SMARTS) is 1. The minimum atomic E-state index is -1.13. The van der Waals surface area contributed by atoms with Gasteiger partial charge in [-0.1, -0.05) is 79.4 Å². The molecule has 0 aromatic carbocycles. The number of nitrogens with one attached hydrogen (secondary N) is 1. The van der Waals surface area contributed by atoms with E-state index in [0.717, 1.165) is 50.3 Å². The lowest BCUT2D eigenvalue weighted by atomic mass is 10.2. The molecule has 0 saturated carbocycles. The molecule has 0 heterocycles. The van der Waals surface area contributed by atoms with E-state index in [4.69, 9.17) is 5.11 Å². The first-order valence-corrected chi connectivity index (χ1v) is 11.9. The minimum absolute atomic E-state index is 0.0468. The summed E-state index contributed by atoms with van der Waals surface area (Å²) in [6.07, 6.45) is 27.9. The van der Waals surface area contributed by atoms with Gasteiger partial charge >= 0.3 is 5.97 Å². The molecule has 172 valence electrons. The number of aliphatic carboxylic acids is 1. The molecule has 1 unspecified atom stereocenters. The summed E-state index contributed by atoms with van der Waals surface area (Å²) < 4.78 is 0. The van der Waals surface area contributed by atoms with Crippen LogP contribution in [0.5, 0.6) is 0 Å². The summed E-state index contributed by atoms with van der Waals surface area (Å²) in [6.45, 7) is 3.50. The highest BCUT2D eigenvalue weighted by Crippen LogP contribution is 2.05. The summed E-state index contributed by atoms with van der Waals surface area (Å²) in [4.78, 5) is 33.9. The van der Waals surface area contributed by atoms with Gasteiger partial charge in [-0.2, -0.15) is 0 Å². The van der Waals surface area contributed by atoms with Crippen LogP contribution >= 0.6 is 11.8 Å². The molecular formula is C25H37NO4S. The average molecular weight is 448 g/mol. The highest BCUT2D eigenvalue weighted by Gasteiger charge is 2.20. The molecule has 0 radical (unpaired) electrons. The number of allylic oxidation sites excluding steroid dienone is 10. The molecular weight excluding hydrogens is 410 g/mol. The fourth-order valence-electron chi connectivity index (χ4n) is 2.39. The zero-order chi connectivity index (χ0) is 23.2. The van der Waals surface area contributed by atoms with Crippen LogP contribution in [0.25, 0.3) is 0 Å². The molecule has 1 atom stereocenters. The number of carbonyl (C=O) groups is 3. The molecule has 0 aliphatic carbocycles. The van der Waals surface area contributed by atoms with E-state index in [2.05, 4.69) is 66.9 Å². The molecule has 0 aliphatic rings. The number of thioether (sulfide) groups is 1. The molecule has 0 aromatic rings. The Balaban J connectivity index is 3.80. The number of hydrogen-bond acceptors (Lipinski definition) is 4. The van der Waals surface area contributed by atoms with Crippen LogP contribution in [0.1, 0.15) is 65.2 Å². The predicted molar refractivity (Wildman–Crippen MR) is 131 cm³/mol. The largest absolute Gasteiger partial charge is 0.480 e. The highest BCUT2D eigenvalue weighted by atomic mass is 32.2. The van der Waals surface area contributed by atoms with E-state index in [1.807, 2.05) is 6.08 Å². The molecule has 0 aliphatic heterocycles. The van der Waals surface area contributed by atoms with Crippen molar-refractivity contribution in [2.75, 3.05) is 5.75 Å². The molecule has 2 N–H and O–H groups in total. The Morgan fingerprint density at radius 1 is 0.839 bits per heavy atom. The second-order valence-corrected chi connectivity index (χ2v) is 8.06. The Hall–Kier alpha value is -2.34. The van der Waals surface area contributed by atoms with Crippen LogP contribution in [-0.4, -0.2) is 33.9 Å². The second-order valence-electron chi connectivity index (χ2n) is 6.86. The molecule has 0 rings (SSSR count).